The molecule has 1 amide bonds. The molecule has 18 heavy (non-hydrogen) atoms. The summed E-state index contributed by atoms with van der Waals surface area (Å²) in [7, 11) is 0. The third-order valence-corrected chi connectivity index (χ3v) is 2.25. The Hall–Kier alpha value is -2.51. The second kappa shape index (κ2) is 5.71. The van der Waals surface area contributed by atoms with Crippen molar-refractivity contribution in [2.24, 2.45) is 0 Å². The highest BCUT2D eigenvalue weighted by molar-refractivity contribution is 5.91. The van der Waals surface area contributed by atoms with Gasteiger partial charge in [-0.3, -0.25) is 14.7 Å². The number of aromatic nitrogens is 5. The molecule has 0 spiro atoms. The van der Waals surface area contributed by atoms with Crippen LogP contribution in [0.5, 0.6) is 0 Å². The van der Waals surface area contributed by atoms with Gasteiger partial charge in [-0.1, -0.05) is 0 Å². The first-order valence-electron chi connectivity index (χ1n) is 5.44. The smallest absolute Gasteiger partial charge is 0.271 e. The minimum Gasteiger partial charge on any atom is -0.351 e. The summed E-state index contributed by atoms with van der Waals surface area (Å²) in [6, 6.07) is 2.64. The van der Waals surface area contributed by atoms with Crippen molar-refractivity contribution < 1.29 is 4.79 Å². The molecule has 0 fully saturated rings. The van der Waals surface area contributed by atoms with E-state index in [9.17, 15) is 9.59 Å². The van der Waals surface area contributed by atoms with E-state index in [4.69, 9.17) is 0 Å². The Balaban J connectivity index is 1.75. The topological polar surface area (TPSA) is 116 Å². The number of nitrogens with one attached hydrogen (secondary N) is 3. The first kappa shape index (κ1) is 12.0. The highest BCUT2D eigenvalue weighted by Gasteiger charge is 2.06. The Bertz CT molecular complexity index is 542. The van der Waals surface area contributed by atoms with Crippen LogP contribution in [0.3, 0.4) is 0 Å². The van der Waals surface area contributed by atoms with Gasteiger partial charge in [-0.15, -0.1) is 0 Å². The van der Waals surface area contributed by atoms with E-state index in [-0.39, 0.29) is 17.2 Å². The summed E-state index contributed by atoms with van der Waals surface area (Å²) in [5.41, 5.74) is -0.147. The predicted octanol–water partition coefficient (Wildman–Crippen LogP) is -0.749. The number of hydrogen-bond donors (Lipinski definition) is 3. The molecule has 0 unspecified atom stereocenters. The van der Waals surface area contributed by atoms with Crippen LogP contribution in [0.1, 0.15) is 22.7 Å². The average Bonchev–Trinajstić information content (AvgIpc) is 2.88. The first-order chi connectivity index (χ1) is 8.75. The summed E-state index contributed by atoms with van der Waals surface area (Å²) in [5, 5.41) is 15.0. The van der Waals surface area contributed by atoms with Gasteiger partial charge in [-0.05, 0) is 12.5 Å². The second-order valence-electron chi connectivity index (χ2n) is 3.60. The van der Waals surface area contributed by atoms with E-state index in [2.05, 4.69) is 30.7 Å². The summed E-state index contributed by atoms with van der Waals surface area (Å²) >= 11 is 0. The molecular weight excluding hydrogens is 236 g/mol. The molecule has 2 rings (SSSR count). The van der Waals surface area contributed by atoms with Gasteiger partial charge in [0.05, 0.1) is 0 Å². The fraction of sp³-hybridized carbons (Fsp3) is 0.300. The van der Waals surface area contributed by atoms with Gasteiger partial charge in [-0.25, -0.2) is 10.1 Å². The lowest BCUT2D eigenvalue weighted by molar-refractivity contribution is 0.0947. The average molecular weight is 248 g/mol. The van der Waals surface area contributed by atoms with Crippen molar-refractivity contribution in [1.82, 2.24) is 30.7 Å². The van der Waals surface area contributed by atoms with Crippen LogP contribution < -0.4 is 10.9 Å². The predicted molar refractivity (Wildman–Crippen MR) is 61.9 cm³/mol. The van der Waals surface area contributed by atoms with E-state index in [0.29, 0.717) is 13.0 Å². The Morgan fingerprint density at radius 2 is 2.22 bits per heavy atom. The summed E-state index contributed by atoms with van der Waals surface area (Å²) in [6.45, 7) is 0.500. The van der Waals surface area contributed by atoms with Crippen LogP contribution in [0.15, 0.2) is 23.3 Å². The number of hydrogen-bond acceptors (Lipinski definition) is 5. The molecule has 2 heterocycles. The molecule has 0 aliphatic carbocycles. The molecule has 8 heteroatoms. The normalized spacial score (nSPS) is 10.2. The monoisotopic (exact) mass is 248 g/mol. The fourth-order valence-corrected chi connectivity index (χ4v) is 1.37. The number of H-pyrrole nitrogens is 2. The van der Waals surface area contributed by atoms with Crippen LogP contribution in [-0.4, -0.2) is 37.8 Å². The van der Waals surface area contributed by atoms with Crippen molar-refractivity contribution in [2.75, 3.05) is 6.54 Å². The molecule has 8 nitrogen and oxygen atoms in total. The number of aromatic amines is 2. The van der Waals surface area contributed by atoms with Crippen LogP contribution in [-0.2, 0) is 6.42 Å². The van der Waals surface area contributed by atoms with E-state index in [1.807, 2.05) is 0 Å². The summed E-state index contributed by atoms with van der Waals surface area (Å²) in [4.78, 5) is 26.3. The maximum absolute atomic E-state index is 11.6. The molecule has 0 bridgehead atoms. The van der Waals surface area contributed by atoms with Crippen molar-refractivity contribution >= 4 is 5.91 Å². The molecule has 0 aromatic carbocycles. The lowest BCUT2D eigenvalue weighted by atomic mass is 10.3. The van der Waals surface area contributed by atoms with Crippen molar-refractivity contribution in [3.63, 3.8) is 0 Å². The SMILES string of the molecule is O=C(NCCCc1ncn[nH]1)c1ccc(=O)[nH]n1. The minimum absolute atomic E-state index is 0.189. The summed E-state index contributed by atoms with van der Waals surface area (Å²) < 4.78 is 0. The molecule has 0 saturated heterocycles. The van der Waals surface area contributed by atoms with Crippen LogP contribution in [0.2, 0.25) is 0 Å². The van der Waals surface area contributed by atoms with Crippen LogP contribution in [0.25, 0.3) is 0 Å². The molecule has 94 valence electrons. The Morgan fingerprint density at radius 3 is 2.89 bits per heavy atom. The van der Waals surface area contributed by atoms with E-state index < -0.39 is 0 Å². The number of nitrogens with zero attached hydrogens (tertiary/aromatic N) is 3. The van der Waals surface area contributed by atoms with Gasteiger partial charge in [-0.2, -0.15) is 10.2 Å². The molecule has 0 radical (unpaired) electrons. The van der Waals surface area contributed by atoms with Gasteiger partial charge < -0.3 is 5.32 Å². The van der Waals surface area contributed by atoms with E-state index in [0.717, 1.165) is 12.2 Å². The minimum atomic E-state index is -0.336. The first-order valence-corrected chi connectivity index (χ1v) is 5.44. The molecule has 2 aromatic heterocycles. The molecule has 3 N–H and O–H groups in total. The number of amides is 1. The molecule has 0 aliphatic rings. The zero-order chi connectivity index (χ0) is 12.8. The van der Waals surface area contributed by atoms with Gasteiger partial charge in [0.15, 0.2) is 0 Å². The zero-order valence-corrected chi connectivity index (χ0v) is 9.51. The van der Waals surface area contributed by atoms with Crippen LogP contribution >= 0.6 is 0 Å². The van der Waals surface area contributed by atoms with Gasteiger partial charge in [0.25, 0.3) is 11.5 Å². The van der Waals surface area contributed by atoms with E-state index in [1.54, 1.807) is 0 Å². The molecule has 2 aromatic rings. The highest BCUT2D eigenvalue weighted by atomic mass is 16.2. The van der Waals surface area contributed by atoms with Gasteiger partial charge >= 0.3 is 0 Å². The standard InChI is InChI=1S/C10H12N6O2/c17-9-4-3-7(14-16-9)10(18)11-5-1-2-8-12-6-13-15-8/h3-4,6H,1-2,5H2,(H,11,18)(H,16,17)(H,12,13,15). The zero-order valence-electron chi connectivity index (χ0n) is 9.51. The van der Waals surface area contributed by atoms with Crippen molar-refractivity contribution in [2.45, 2.75) is 12.8 Å². The summed E-state index contributed by atoms with van der Waals surface area (Å²) in [6.07, 6.45) is 2.89. The maximum atomic E-state index is 11.6. The summed E-state index contributed by atoms with van der Waals surface area (Å²) in [5.74, 6) is 0.468. The second-order valence-corrected chi connectivity index (χ2v) is 3.60. The Morgan fingerprint density at radius 1 is 1.33 bits per heavy atom. The number of rotatable bonds is 5. The van der Waals surface area contributed by atoms with E-state index >= 15 is 0 Å². The number of carbonyl (C=O) groups is 1. The van der Waals surface area contributed by atoms with Crippen molar-refractivity contribution in [3.05, 3.63) is 40.3 Å². The van der Waals surface area contributed by atoms with Crippen molar-refractivity contribution in [3.8, 4) is 0 Å². The molecule has 0 aliphatic heterocycles. The van der Waals surface area contributed by atoms with Gasteiger partial charge in [0.1, 0.15) is 17.8 Å². The lowest BCUT2D eigenvalue weighted by Gasteiger charge is -2.02. The van der Waals surface area contributed by atoms with E-state index in [1.165, 1.54) is 18.5 Å². The third kappa shape index (κ3) is 3.24. The Labute approximate surface area is 102 Å². The van der Waals surface area contributed by atoms with Gasteiger partial charge in [0, 0.05) is 19.0 Å². The number of aryl methyl sites for hydroxylation is 1. The third-order valence-electron chi connectivity index (χ3n) is 2.25. The molecular formula is C10H12N6O2. The molecule has 0 saturated carbocycles. The maximum Gasteiger partial charge on any atom is 0.271 e. The van der Waals surface area contributed by atoms with Crippen molar-refractivity contribution in [1.29, 1.82) is 0 Å². The fourth-order valence-electron chi connectivity index (χ4n) is 1.37. The van der Waals surface area contributed by atoms with Crippen LogP contribution in [0.4, 0.5) is 0 Å². The molecule has 0 atom stereocenters. The van der Waals surface area contributed by atoms with Crippen LogP contribution in [0, 0.1) is 0 Å². The highest BCUT2D eigenvalue weighted by Crippen LogP contribution is 1.93. The van der Waals surface area contributed by atoms with Gasteiger partial charge in [0.2, 0.25) is 0 Å². The lowest BCUT2D eigenvalue weighted by Crippen LogP contribution is -2.27. The number of carbonyl (C=O) groups excluding carboxylic acids is 1. The Kier molecular flexibility index (Phi) is 3.79. The largest absolute Gasteiger partial charge is 0.351 e. The quantitative estimate of drug-likeness (QED) is 0.602.